The van der Waals surface area contributed by atoms with E-state index in [0.717, 1.165) is 18.5 Å². The minimum Gasteiger partial charge on any atom is -0.370 e. The van der Waals surface area contributed by atoms with E-state index in [-0.39, 0.29) is 12.0 Å². The van der Waals surface area contributed by atoms with E-state index in [1.54, 1.807) is 24.1 Å². The molecule has 2 N–H and O–H groups in total. The summed E-state index contributed by atoms with van der Waals surface area (Å²) in [4.78, 5) is 5.76. The van der Waals surface area contributed by atoms with Crippen molar-refractivity contribution in [2.45, 2.75) is 24.6 Å². The highest BCUT2D eigenvalue weighted by Crippen LogP contribution is 2.50. The summed E-state index contributed by atoms with van der Waals surface area (Å²) in [6.45, 7) is 1.51. The minimum absolute atomic E-state index is 0.0509. The molecular weight excluding hydrogens is 365 g/mol. The van der Waals surface area contributed by atoms with Crippen LogP contribution in [0.1, 0.15) is 23.5 Å². The quantitative estimate of drug-likeness (QED) is 0.756. The van der Waals surface area contributed by atoms with Crippen LogP contribution in [0.25, 0.3) is 0 Å². The molecule has 26 heavy (non-hydrogen) atoms. The Hall–Kier alpha value is -1.99. The molecule has 2 unspecified atom stereocenters. The van der Waals surface area contributed by atoms with Crippen LogP contribution in [-0.4, -0.2) is 31.2 Å². The molecule has 1 aromatic carbocycles. The molecule has 3 heterocycles. The molecule has 0 saturated carbocycles. The van der Waals surface area contributed by atoms with Gasteiger partial charge in [-0.2, -0.15) is 13.2 Å². The van der Waals surface area contributed by atoms with Gasteiger partial charge in [0.2, 0.25) is 0 Å². The van der Waals surface area contributed by atoms with Gasteiger partial charge in [0.15, 0.2) is 0 Å². The number of hydrogen-bond acceptors (Lipinski definition) is 4. The molecule has 2 atom stereocenters. The molecule has 0 amide bonds. The van der Waals surface area contributed by atoms with Gasteiger partial charge in [0, 0.05) is 31.2 Å². The van der Waals surface area contributed by atoms with Crippen molar-refractivity contribution >= 4 is 28.7 Å². The second-order valence-corrected chi connectivity index (χ2v) is 7.12. The van der Waals surface area contributed by atoms with Crippen LogP contribution in [0.4, 0.5) is 30.2 Å². The van der Waals surface area contributed by atoms with Crippen LogP contribution in [0.3, 0.4) is 0 Å². The Kier molecular flexibility index (Phi) is 4.23. The zero-order valence-corrected chi connectivity index (χ0v) is 14.8. The minimum atomic E-state index is -4.42. The van der Waals surface area contributed by atoms with Crippen molar-refractivity contribution in [1.29, 1.82) is 0 Å². The Morgan fingerprint density at radius 2 is 2.08 bits per heavy atom. The van der Waals surface area contributed by atoms with E-state index in [1.165, 1.54) is 12.3 Å². The molecule has 4 rings (SSSR count). The Labute approximate surface area is 154 Å². The highest BCUT2D eigenvalue weighted by atomic mass is 35.5. The van der Waals surface area contributed by atoms with Crippen molar-refractivity contribution in [3.8, 4) is 0 Å². The highest BCUT2D eigenvalue weighted by Gasteiger charge is 2.45. The zero-order valence-electron chi connectivity index (χ0n) is 14.1. The first-order valence-corrected chi connectivity index (χ1v) is 8.79. The van der Waals surface area contributed by atoms with E-state index in [4.69, 9.17) is 11.6 Å². The summed E-state index contributed by atoms with van der Waals surface area (Å²) in [6, 6.07) is 6.38. The number of benzene rings is 1. The van der Waals surface area contributed by atoms with Gasteiger partial charge in [-0.05, 0) is 42.8 Å². The molecule has 4 nitrogen and oxygen atoms in total. The van der Waals surface area contributed by atoms with Crippen LogP contribution in [0, 0.1) is 0 Å². The van der Waals surface area contributed by atoms with Gasteiger partial charge in [-0.15, -0.1) is 0 Å². The van der Waals surface area contributed by atoms with Crippen molar-refractivity contribution in [2.24, 2.45) is 0 Å². The molecule has 1 fully saturated rings. The molecule has 0 aliphatic carbocycles. The molecule has 0 bridgehead atoms. The fourth-order valence-corrected chi connectivity index (χ4v) is 4.14. The summed E-state index contributed by atoms with van der Waals surface area (Å²) in [7, 11) is 1.76. The normalized spacial score (nSPS) is 22.1. The van der Waals surface area contributed by atoms with E-state index >= 15 is 0 Å². The standard InChI is InChI=1S/C18H18ClF3N4/c1-26-15-4-5-23-9-13(15)12-6-11(7-14(17(12)26)18(20,21)22)25-10-2-3-16(19)24-8-10/h2-3,6-8,13,15,23,25H,4-5,9H2,1H3. The van der Waals surface area contributed by atoms with Gasteiger partial charge in [-0.1, -0.05) is 11.6 Å². The van der Waals surface area contributed by atoms with Crippen LogP contribution >= 0.6 is 11.6 Å². The number of piperidine rings is 1. The van der Waals surface area contributed by atoms with Gasteiger partial charge >= 0.3 is 6.18 Å². The number of anilines is 3. The lowest BCUT2D eigenvalue weighted by Gasteiger charge is -2.31. The van der Waals surface area contributed by atoms with Gasteiger partial charge in [0.1, 0.15) is 5.15 Å². The third-order valence-electron chi connectivity index (χ3n) is 5.16. The molecule has 2 aromatic rings. The molecule has 0 radical (unpaired) electrons. The molecule has 138 valence electrons. The number of nitrogens with zero attached hydrogens (tertiary/aromatic N) is 2. The van der Waals surface area contributed by atoms with Gasteiger partial charge < -0.3 is 15.5 Å². The van der Waals surface area contributed by atoms with E-state index in [9.17, 15) is 13.2 Å². The maximum Gasteiger partial charge on any atom is 0.418 e. The lowest BCUT2D eigenvalue weighted by atomic mass is 9.89. The molecule has 1 saturated heterocycles. The Bertz CT molecular complexity index is 822. The number of fused-ring (bicyclic) bond motifs is 3. The van der Waals surface area contributed by atoms with Crippen LogP contribution in [0.15, 0.2) is 30.5 Å². The maximum atomic E-state index is 13.8. The molecule has 2 aliphatic heterocycles. The van der Waals surface area contributed by atoms with Crippen LogP contribution in [0.2, 0.25) is 5.15 Å². The number of rotatable bonds is 2. The van der Waals surface area contributed by atoms with Crippen molar-refractivity contribution in [1.82, 2.24) is 10.3 Å². The third-order valence-corrected chi connectivity index (χ3v) is 5.38. The number of hydrogen-bond donors (Lipinski definition) is 2. The smallest absolute Gasteiger partial charge is 0.370 e. The first-order chi connectivity index (χ1) is 12.3. The number of likely N-dealkylation sites (N-methyl/N-ethyl adjacent to an activating group) is 1. The van der Waals surface area contributed by atoms with Crippen molar-refractivity contribution in [3.63, 3.8) is 0 Å². The first kappa shape index (κ1) is 17.4. The van der Waals surface area contributed by atoms with Gasteiger partial charge in [-0.3, -0.25) is 0 Å². The summed E-state index contributed by atoms with van der Waals surface area (Å²) in [5, 5.41) is 6.65. The SMILES string of the molecule is CN1c2c(cc(Nc3ccc(Cl)nc3)cc2C(F)(F)F)C2CNCCC21. The summed E-state index contributed by atoms with van der Waals surface area (Å²) < 4.78 is 41.3. The predicted octanol–water partition coefficient (Wildman–Crippen LogP) is 4.39. The number of halogens is 4. The second kappa shape index (κ2) is 6.32. The zero-order chi connectivity index (χ0) is 18.5. The summed E-state index contributed by atoms with van der Waals surface area (Å²) in [5.41, 5.74) is 1.43. The molecular formula is C18H18ClF3N4. The Balaban J connectivity index is 1.79. The topological polar surface area (TPSA) is 40.2 Å². The first-order valence-electron chi connectivity index (χ1n) is 8.42. The number of aromatic nitrogens is 1. The van der Waals surface area contributed by atoms with E-state index in [1.807, 2.05) is 6.07 Å². The predicted molar refractivity (Wildman–Crippen MR) is 96.4 cm³/mol. The third kappa shape index (κ3) is 2.99. The average Bonchev–Trinajstić information content (AvgIpc) is 2.89. The van der Waals surface area contributed by atoms with Gasteiger partial charge in [0.05, 0.1) is 23.1 Å². The van der Waals surface area contributed by atoms with Crippen molar-refractivity contribution < 1.29 is 13.2 Å². The van der Waals surface area contributed by atoms with Crippen LogP contribution < -0.4 is 15.5 Å². The van der Waals surface area contributed by atoms with Gasteiger partial charge in [-0.25, -0.2) is 4.98 Å². The molecule has 1 aromatic heterocycles. The van der Waals surface area contributed by atoms with Gasteiger partial charge in [0.25, 0.3) is 0 Å². The molecule has 0 spiro atoms. The fraction of sp³-hybridized carbons (Fsp3) is 0.389. The Morgan fingerprint density at radius 3 is 2.77 bits per heavy atom. The monoisotopic (exact) mass is 382 g/mol. The van der Waals surface area contributed by atoms with E-state index in [0.29, 0.717) is 28.8 Å². The number of alkyl halides is 3. The Morgan fingerprint density at radius 1 is 1.27 bits per heavy atom. The van der Waals surface area contributed by atoms with E-state index < -0.39 is 11.7 Å². The maximum absolute atomic E-state index is 13.8. The summed E-state index contributed by atoms with van der Waals surface area (Å²) in [6.07, 6.45) is -2.09. The average molecular weight is 383 g/mol. The van der Waals surface area contributed by atoms with E-state index in [2.05, 4.69) is 15.6 Å². The largest absolute Gasteiger partial charge is 0.418 e. The van der Waals surface area contributed by atoms with Crippen LogP contribution in [0.5, 0.6) is 0 Å². The number of pyridine rings is 1. The molecule has 2 aliphatic rings. The number of nitrogens with one attached hydrogen (secondary N) is 2. The highest BCUT2D eigenvalue weighted by molar-refractivity contribution is 6.29. The summed E-state index contributed by atoms with van der Waals surface area (Å²) >= 11 is 5.77. The molecule has 8 heteroatoms. The second-order valence-electron chi connectivity index (χ2n) is 6.73. The lowest BCUT2D eigenvalue weighted by Crippen LogP contribution is -2.42. The summed E-state index contributed by atoms with van der Waals surface area (Å²) in [5.74, 6) is 0.0509. The van der Waals surface area contributed by atoms with Crippen molar-refractivity contribution in [2.75, 3.05) is 30.4 Å². The lowest BCUT2D eigenvalue weighted by molar-refractivity contribution is -0.137. The van der Waals surface area contributed by atoms with Crippen LogP contribution in [-0.2, 0) is 6.18 Å². The fourth-order valence-electron chi connectivity index (χ4n) is 4.03. The van der Waals surface area contributed by atoms with Crippen molar-refractivity contribution in [3.05, 3.63) is 46.7 Å².